The van der Waals surface area contributed by atoms with Crippen LogP contribution in [-0.4, -0.2) is 30.9 Å². The SMILES string of the molecule is CCOC(=O)C(C(=O)OCC)C(=Nc1ccc(F)cc1)c1cccc(Cl)c1. The van der Waals surface area contributed by atoms with Crippen molar-refractivity contribution in [2.45, 2.75) is 13.8 Å². The average Bonchev–Trinajstić information content (AvgIpc) is 2.63. The lowest BCUT2D eigenvalue weighted by Crippen LogP contribution is -2.35. The molecule has 0 N–H and O–H groups in total. The number of rotatable bonds is 7. The topological polar surface area (TPSA) is 65.0 Å². The molecule has 0 saturated carbocycles. The van der Waals surface area contributed by atoms with E-state index in [0.29, 0.717) is 16.3 Å². The Balaban J connectivity index is 2.61. The molecule has 142 valence electrons. The van der Waals surface area contributed by atoms with E-state index in [9.17, 15) is 14.0 Å². The third-order valence-corrected chi connectivity index (χ3v) is 3.75. The Morgan fingerprint density at radius 3 is 2.15 bits per heavy atom. The molecular weight excluding hydrogens is 373 g/mol. The fourth-order valence-electron chi connectivity index (χ4n) is 2.37. The Hall–Kier alpha value is -2.73. The molecule has 0 aromatic heterocycles. The van der Waals surface area contributed by atoms with Gasteiger partial charge in [0.2, 0.25) is 0 Å². The summed E-state index contributed by atoms with van der Waals surface area (Å²) < 4.78 is 23.3. The van der Waals surface area contributed by atoms with Gasteiger partial charge in [0, 0.05) is 5.02 Å². The van der Waals surface area contributed by atoms with Crippen molar-refractivity contribution in [1.29, 1.82) is 0 Å². The van der Waals surface area contributed by atoms with E-state index in [4.69, 9.17) is 21.1 Å². The van der Waals surface area contributed by atoms with Crippen LogP contribution in [0.1, 0.15) is 19.4 Å². The van der Waals surface area contributed by atoms with E-state index in [2.05, 4.69) is 4.99 Å². The van der Waals surface area contributed by atoms with Gasteiger partial charge in [-0.15, -0.1) is 0 Å². The van der Waals surface area contributed by atoms with E-state index in [1.807, 2.05) is 0 Å². The molecule has 7 heteroatoms. The van der Waals surface area contributed by atoms with Gasteiger partial charge in [-0.3, -0.25) is 14.6 Å². The zero-order valence-corrected chi connectivity index (χ0v) is 15.7. The molecule has 0 heterocycles. The van der Waals surface area contributed by atoms with Crippen LogP contribution >= 0.6 is 11.6 Å². The van der Waals surface area contributed by atoms with Crippen LogP contribution in [0.4, 0.5) is 10.1 Å². The first-order chi connectivity index (χ1) is 13.0. The third-order valence-electron chi connectivity index (χ3n) is 3.51. The molecule has 0 aliphatic carbocycles. The lowest BCUT2D eigenvalue weighted by atomic mass is 9.96. The Kier molecular flexibility index (Phi) is 7.49. The van der Waals surface area contributed by atoms with Gasteiger partial charge >= 0.3 is 11.9 Å². The van der Waals surface area contributed by atoms with Crippen molar-refractivity contribution in [3.05, 3.63) is 64.9 Å². The predicted molar refractivity (Wildman–Crippen MR) is 101 cm³/mol. The quantitative estimate of drug-likeness (QED) is 0.400. The number of benzene rings is 2. The van der Waals surface area contributed by atoms with Crippen LogP contribution in [0, 0.1) is 11.7 Å². The van der Waals surface area contributed by atoms with Crippen molar-refractivity contribution >= 4 is 34.9 Å². The molecule has 0 atom stereocenters. The summed E-state index contributed by atoms with van der Waals surface area (Å²) in [4.78, 5) is 29.4. The molecule has 2 rings (SSSR count). The van der Waals surface area contributed by atoms with Crippen molar-refractivity contribution in [2.24, 2.45) is 10.9 Å². The van der Waals surface area contributed by atoms with E-state index >= 15 is 0 Å². The van der Waals surface area contributed by atoms with E-state index in [-0.39, 0.29) is 18.9 Å². The molecule has 5 nitrogen and oxygen atoms in total. The number of nitrogens with zero attached hydrogens (tertiary/aromatic N) is 1. The Bertz CT molecular complexity index is 818. The molecule has 0 aliphatic heterocycles. The molecule has 0 saturated heterocycles. The van der Waals surface area contributed by atoms with Crippen molar-refractivity contribution in [3.8, 4) is 0 Å². The Morgan fingerprint density at radius 1 is 1.04 bits per heavy atom. The van der Waals surface area contributed by atoms with Crippen LogP contribution in [0.25, 0.3) is 0 Å². The van der Waals surface area contributed by atoms with Crippen LogP contribution < -0.4 is 0 Å². The van der Waals surface area contributed by atoms with Crippen molar-refractivity contribution in [3.63, 3.8) is 0 Å². The Morgan fingerprint density at radius 2 is 1.63 bits per heavy atom. The lowest BCUT2D eigenvalue weighted by Gasteiger charge is -2.17. The highest BCUT2D eigenvalue weighted by Gasteiger charge is 2.35. The molecule has 0 fully saturated rings. The number of carbonyl (C=O) groups is 2. The number of hydrogen-bond donors (Lipinski definition) is 0. The zero-order valence-electron chi connectivity index (χ0n) is 14.9. The van der Waals surface area contributed by atoms with Gasteiger partial charge in [-0.2, -0.15) is 0 Å². The maximum atomic E-state index is 13.2. The second-order valence-corrected chi connectivity index (χ2v) is 5.86. The number of hydrogen-bond acceptors (Lipinski definition) is 5. The average molecular weight is 392 g/mol. The fraction of sp³-hybridized carbons (Fsp3) is 0.250. The zero-order chi connectivity index (χ0) is 19.8. The summed E-state index contributed by atoms with van der Waals surface area (Å²) >= 11 is 6.06. The monoisotopic (exact) mass is 391 g/mol. The smallest absolute Gasteiger partial charge is 0.326 e. The molecule has 2 aromatic carbocycles. The summed E-state index contributed by atoms with van der Waals surface area (Å²) in [7, 11) is 0. The number of ether oxygens (including phenoxy) is 2. The van der Waals surface area contributed by atoms with Gasteiger partial charge in [0.05, 0.1) is 24.6 Å². The maximum absolute atomic E-state index is 13.2. The summed E-state index contributed by atoms with van der Waals surface area (Å²) in [5.74, 6) is -3.38. The van der Waals surface area contributed by atoms with Gasteiger partial charge in [0.25, 0.3) is 0 Å². The highest BCUT2D eigenvalue weighted by molar-refractivity contribution is 6.31. The molecular formula is C20H19ClFNO4. The van der Waals surface area contributed by atoms with Crippen LogP contribution in [-0.2, 0) is 19.1 Å². The van der Waals surface area contributed by atoms with E-state index in [1.165, 1.54) is 24.3 Å². The predicted octanol–water partition coefficient (Wildman–Crippen LogP) is 4.34. The van der Waals surface area contributed by atoms with Gasteiger partial charge < -0.3 is 9.47 Å². The van der Waals surface area contributed by atoms with Gasteiger partial charge in [-0.1, -0.05) is 23.7 Å². The normalized spacial score (nSPS) is 11.4. The summed E-state index contributed by atoms with van der Waals surface area (Å²) in [6.45, 7) is 3.45. The molecule has 0 bridgehead atoms. The van der Waals surface area contributed by atoms with Crippen LogP contribution in [0.5, 0.6) is 0 Å². The minimum absolute atomic E-state index is 0.0914. The molecule has 27 heavy (non-hydrogen) atoms. The number of halogens is 2. The highest BCUT2D eigenvalue weighted by Crippen LogP contribution is 2.22. The van der Waals surface area contributed by atoms with E-state index < -0.39 is 23.7 Å². The second-order valence-electron chi connectivity index (χ2n) is 5.42. The maximum Gasteiger partial charge on any atom is 0.326 e. The molecule has 0 aliphatic rings. The molecule has 2 aromatic rings. The largest absolute Gasteiger partial charge is 0.465 e. The first-order valence-electron chi connectivity index (χ1n) is 8.39. The number of aliphatic imine (C=N–C) groups is 1. The standard InChI is InChI=1S/C20H19ClFNO4/c1-3-26-19(24)17(20(25)27-4-2)18(13-6-5-7-14(21)12-13)23-16-10-8-15(22)9-11-16/h5-12,17H,3-4H2,1-2H3. The summed E-state index contributed by atoms with van der Waals surface area (Å²) in [6, 6.07) is 11.9. The number of esters is 2. The fourth-order valence-corrected chi connectivity index (χ4v) is 2.56. The molecule has 0 spiro atoms. The number of carbonyl (C=O) groups excluding carboxylic acids is 2. The summed E-state index contributed by atoms with van der Waals surface area (Å²) in [5, 5.41) is 0.408. The minimum atomic E-state index is -1.39. The summed E-state index contributed by atoms with van der Waals surface area (Å²) in [5.41, 5.74) is 0.934. The van der Waals surface area contributed by atoms with E-state index in [1.54, 1.807) is 38.1 Å². The molecule has 0 amide bonds. The third kappa shape index (κ3) is 5.62. The molecule has 0 radical (unpaired) electrons. The second kappa shape index (κ2) is 9.83. The summed E-state index contributed by atoms with van der Waals surface area (Å²) in [6.07, 6.45) is 0. The minimum Gasteiger partial charge on any atom is -0.465 e. The van der Waals surface area contributed by atoms with Gasteiger partial charge in [-0.05, 0) is 55.8 Å². The molecule has 0 unspecified atom stereocenters. The van der Waals surface area contributed by atoms with Crippen molar-refractivity contribution < 1.29 is 23.5 Å². The van der Waals surface area contributed by atoms with Crippen molar-refractivity contribution in [2.75, 3.05) is 13.2 Å². The first kappa shape index (κ1) is 20.6. The van der Waals surface area contributed by atoms with Crippen LogP contribution in [0.3, 0.4) is 0 Å². The van der Waals surface area contributed by atoms with Gasteiger partial charge in [-0.25, -0.2) is 4.39 Å². The van der Waals surface area contributed by atoms with Crippen molar-refractivity contribution in [1.82, 2.24) is 0 Å². The van der Waals surface area contributed by atoms with E-state index in [0.717, 1.165) is 0 Å². The first-order valence-corrected chi connectivity index (χ1v) is 8.77. The Labute approximate surface area is 161 Å². The lowest BCUT2D eigenvalue weighted by molar-refractivity contribution is -0.157. The van der Waals surface area contributed by atoms with Crippen LogP contribution in [0.15, 0.2) is 53.5 Å². The van der Waals surface area contributed by atoms with Gasteiger partial charge in [0.1, 0.15) is 5.82 Å². The highest BCUT2D eigenvalue weighted by atomic mass is 35.5. The van der Waals surface area contributed by atoms with Crippen LogP contribution in [0.2, 0.25) is 5.02 Å². The van der Waals surface area contributed by atoms with Gasteiger partial charge in [0.15, 0.2) is 5.92 Å².